The zero-order valence-corrected chi connectivity index (χ0v) is 11.4. The summed E-state index contributed by atoms with van der Waals surface area (Å²) in [5.74, 6) is -0.864. The molecule has 2 aliphatic heterocycles. The summed E-state index contributed by atoms with van der Waals surface area (Å²) < 4.78 is 12.8. The molecule has 2 bridgehead atoms. The quantitative estimate of drug-likeness (QED) is 0.804. The molecule has 20 heavy (non-hydrogen) atoms. The summed E-state index contributed by atoms with van der Waals surface area (Å²) in [5, 5.41) is 0. The molecule has 0 saturated carbocycles. The van der Waals surface area contributed by atoms with Gasteiger partial charge in [0.15, 0.2) is 0 Å². The number of likely N-dealkylation sites (N-methyl/N-ethyl adjacent to an activating group) is 1. The largest absolute Gasteiger partial charge is 0.362 e. The van der Waals surface area contributed by atoms with E-state index in [0.717, 1.165) is 12.1 Å². The molecule has 2 aliphatic rings. The molecule has 0 aromatic heterocycles. The van der Waals surface area contributed by atoms with E-state index in [1.165, 1.54) is 37.1 Å². The number of nitrogens with one attached hydrogen (secondary N) is 2. The van der Waals surface area contributed by atoms with Crippen molar-refractivity contribution in [3.8, 4) is 0 Å². The number of hydrogen-bond donors (Lipinski definition) is 2. The van der Waals surface area contributed by atoms with Gasteiger partial charge in [-0.25, -0.2) is 14.7 Å². The topological polar surface area (TPSA) is 42.8 Å². The van der Waals surface area contributed by atoms with Crippen LogP contribution in [0.2, 0.25) is 0 Å². The lowest BCUT2D eigenvalue weighted by Gasteiger charge is -2.27. The Morgan fingerprint density at radius 1 is 1.35 bits per heavy atom. The summed E-state index contributed by atoms with van der Waals surface area (Å²) in [6, 6.07) is 6.44. The normalized spacial score (nSPS) is 27.9. The summed E-state index contributed by atoms with van der Waals surface area (Å²) in [5.41, 5.74) is 4.07. The fourth-order valence-corrected chi connectivity index (χ4v) is 3.03. The van der Waals surface area contributed by atoms with Crippen molar-refractivity contribution >= 4 is 5.97 Å². The van der Waals surface area contributed by atoms with E-state index >= 15 is 0 Å². The first-order valence-corrected chi connectivity index (χ1v) is 6.90. The van der Waals surface area contributed by atoms with Crippen LogP contribution in [0.4, 0.5) is 4.39 Å². The lowest BCUT2D eigenvalue weighted by molar-refractivity contribution is -0.911. The van der Waals surface area contributed by atoms with Crippen molar-refractivity contribution in [1.82, 2.24) is 5.48 Å². The van der Waals surface area contributed by atoms with Gasteiger partial charge in [-0.05, 0) is 30.3 Å². The van der Waals surface area contributed by atoms with Crippen molar-refractivity contribution in [3.05, 3.63) is 47.4 Å². The second-order valence-corrected chi connectivity index (χ2v) is 5.52. The highest BCUT2D eigenvalue weighted by Crippen LogP contribution is 2.20. The van der Waals surface area contributed by atoms with E-state index in [1.807, 2.05) is 0 Å². The average Bonchev–Trinajstić information content (AvgIpc) is 2.66. The van der Waals surface area contributed by atoms with Gasteiger partial charge in [-0.2, -0.15) is 0 Å². The Bertz CT molecular complexity index is 541. The third kappa shape index (κ3) is 2.54. The third-order valence-corrected chi connectivity index (χ3v) is 4.28. The van der Waals surface area contributed by atoms with Crippen LogP contribution in [-0.4, -0.2) is 25.1 Å². The number of rotatable bonds is 3. The van der Waals surface area contributed by atoms with Crippen LogP contribution in [0.1, 0.15) is 29.6 Å². The van der Waals surface area contributed by atoms with Crippen LogP contribution >= 0.6 is 0 Å². The van der Waals surface area contributed by atoms with Crippen LogP contribution in [0.3, 0.4) is 0 Å². The SMILES string of the molecule is C[NH+]1C2C=C(NOC(=O)c3ccc(F)cc3)CC1CC2. The van der Waals surface area contributed by atoms with Gasteiger partial charge in [0.05, 0.1) is 24.4 Å². The van der Waals surface area contributed by atoms with Crippen LogP contribution in [-0.2, 0) is 4.84 Å². The summed E-state index contributed by atoms with van der Waals surface area (Å²) in [4.78, 5) is 18.4. The molecule has 2 N–H and O–H groups in total. The molecule has 2 heterocycles. The van der Waals surface area contributed by atoms with Gasteiger partial charge >= 0.3 is 5.97 Å². The van der Waals surface area contributed by atoms with Gasteiger partial charge in [0.25, 0.3) is 0 Å². The Hall–Kier alpha value is -1.88. The van der Waals surface area contributed by atoms with Crippen molar-refractivity contribution < 1.29 is 18.9 Å². The van der Waals surface area contributed by atoms with Crippen molar-refractivity contribution in [2.75, 3.05) is 7.05 Å². The molecule has 0 spiro atoms. The molecule has 4 nitrogen and oxygen atoms in total. The maximum Gasteiger partial charge on any atom is 0.362 e. The molecular formula is C15H18FN2O2+. The maximum atomic E-state index is 12.8. The predicted molar refractivity (Wildman–Crippen MR) is 71.3 cm³/mol. The number of hydroxylamine groups is 1. The Balaban J connectivity index is 1.59. The first-order chi connectivity index (χ1) is 9.63. The third-order valence-electron chi connectivity index (χ3n) is 4.28. The molecule has 0 radical (unpaired) electrons. The van der Waals surface area contributed by atoms with Gasteiger partial charge in [0, 0.05) is 19.3 Å². The molecular weight excluding hydrogens is 259 g/mol. The van der Waals surface area contributed by atoms with Gasteiger partial charge in [-0.3, -0.25) is 0 Å². The van der Waals surface area contributed by atoms with Gasteiger partial charge in [-0.1, -0.05) is 0 Å². The van der Waals surface area contributed by atoms with E-state index in [2.05, 4.69) is 18.6 Å². The molecule has 106 valence electrons. The van der Waals surface area contributed by atoms with E-state index in [9.17, 15) is 9.18 Å². The number of quaternary nitrogens is 1. The highest BCUT2D eigenvalue weighted by atomic mass is 19.1. The zero-order valence-electron chi connectivity index (χ0n) is 11.4. The summed E-state index contributed by atoms with van der Waals surface area (Å²) >= 11 is 0. The lowest BCUT2D eigenvalue weighted by atomic mass is 10.1. The van der Waals surface area contributed by atoms with Gasteiger partial charge < -0.3 is 9.74 Å². The van der Waals surface area contributed by atoms with Gasteiger partial charge in [0.2, 0.25) is 0 Å². The molecule has 1 fully saturated rings. The van der Waals surface area contributed by atoms with Crippen molar-refractivity contribution in [2.24, 2.45) is 0 Å². The van der Waals surface area contributed by atoms with Crippen molar-refractivity contribution in [1.29, 1.82) is 0 Å². The molecule has 3 unspecified atom stereocenters. The number of halogens is 1. The molecule has 1 aromatic carbocycles. The molecule has 1 saturated heterocycles. The minimum absolute atomic E-state index is 0.334. The van der Waals surface area contributed by atoms with Gasteiger partial charge in [-0.15, -0.1) is 0 Å². The fourth-order valence-electron chi connectivity index (χ4n) is 3.03. The van der Waals surface area contributed by atoms with Gasteiger partial charge in [0.1, 0.15) is 11.9 Å². The first kappa shape index (κ1) is 13.1. The molecule has 0 aliphatic carbocycles. The standard InChI is InChI=1S/C15H17FN2O2/c1-18-13-6-7-14(18)9-12(8-13)17-20-15(19)10-2-4-11(16)5-3-10/h2-5,8,13-14,17H,6-7,9H2,1H3/p+1. The Morgan fingerprint density at radius 2 is 2.10 bits per heavy atom. The predicted octanol–water partition coefficient (Wildman–Crippen LogP) is 0.820. The van der Waals surface area contributed by atoms with E-state index in [-0.39, 0.29) is 5.82 Å². The minimum Gasteiger partial charge on any atom is -0.338 e. The average molecular weight is 277 g/mol. The minimum atomic E-state index is -0.496. The van der Waals surface area contributed by atoms with Crippen LogP contribution in [0.5, 0.6) is 0 Å². The van der Waals surface area contributed by atoms with Crippen LogP contribution in [0.15, 0.2) is 36.0 Å². The molecule has 0 amide bonds. The number of hydrogen-bond acceptors (Lipinski definition) is 3. The van der Waals surface area contributed by atoms with Crippen LogP contribution < -0.4 is 10.4 Å². The summed E-state index contributed by atoms with van der Waals surface area (Å²) in [6.45, 7) is 0. The van der Waals surface area contributed by atoms with E-state index < -0.39 is 5.97 Å². The number of carbonyl (C=O) groups is 1. The fraction of sp³-hybridized carbons (Fsp3) is 0.400. The van der Waals surface area contributed by atoms with E-state index in [0.29, 0.717) is 17.6 Å². The maximum absolute atomic E-state index is 12.8. The second kappa shape index (κ2) is 5.25. The van der Waals surface area contributed by atoms with Crippen molar-refractivity contribution in [2.45, 2.75) is 31.3 Å². The Morgan fingerprint density at radius 3 is 2.80 bits per heavy atom. The highest BCUT2D eigenvalue weighted by molar-refractivity contribution is 5.89. The molecule has 5 heteroatoms. The number of benzene rings is 1. The number of fused-ring (bicyclic) bond motifs is 2. The molecule has 1 aromatic rings. The summed E-state index contributed by atoms with van der Waals surface area (Å²) in [6.07, 6.45) is 5.45. The van der Waals surface area contributed by atoms with Crippen molar-refractivity contribution in [3.63, 3.8) is 0 Å². The van der Waals surface area contributed by atoms with E-state index in [4.69, 9.17) is 4.84 Å². The zero-order chi connectivity index (χ0) is 14.1. The Labute approximate surface area is 117 Å². The first-order valence-electron chi connectivity index (χ1n) is 6.90. The van der Waals surface area contributed by atoms with Crippen LogP contribution in [0.25, 0.3) is 0 Å². The summed E-state index contributed by atoms with van der Waals surface area (Å²) in [7, 11) is 2.21. The second-order valence-electron chi connectivity index (χ2n) is 5.52. The molecule has 3 rings (SSSR count). The monoisotopic (exact) mass is 277 g/mol. The van der Waals surface area contributed by atoms with Crippen LogP contribution in [0, 0.1) is 5.82 Å². The Kier molecular flexibility index (Phi) is 3.44. The highest BCUT2D eigenvalue weighted by Gasteiger charge is 2.38. The lowest BCUT2D eigenvalue weighted by Crippen LogP contribution is -3.14. The molecule has 3 atom stereocenters. The van der Waals surface area contributed by atoms with E-state index in [1.54, 1.807) is 4.90 Å². The smallest absolute Gasteiger partial charge is 0.338 e. The number of carbonyl (C=O) groups excluding carboxylic acids is 1.